The summed E-state index contributed by atoms with van der Waals surface area (Å²) in [5.41, 5.74) is 3.73. The molecule has 1 saturated carbocycles. The number of hydrogen-bond donors (Lipinski definition) is 0. The summed E-state index contributed by atoms with van der Waals surface area (Å²) in [6.45, 7) is 6.50. The van der Waals surface area contributed by atoms with Crippen molar-refractivity contribution in [1.29, 1.82) is 0 Å². The zero-order valence-corrected chi connectivity index (χ0v) is 14.3. The van der Waals surface area contributed by atoms with Gasteiger partial charge in [0, 0.05) is 12.1 Å². The number of carbonyl (C=O) groups excluding carboxylic acids is 1. The molecule has 1 aromatic carbocycles. The van der Waals surface area contributed by atoms with Crippen molar-refractivity contribution in [3.05, 3.63) is 29.7 Å². The van der Waals surface area contributed by atoms with Gasteiger partial charge in [0.1, 0.15) is 11.5 Å². The highest BCUT2D eigenvalue weighted by molar-refractivity contribution is 6.00. The van der Waals surface area contributed by atoms with Crippen molar-refractivity contribution in [1.82, 2.24) is 5.16 Å². The largest absolute Gasteiger partial charge is 0.478 e. The van der Waals surface area contributed by atoms with E-state index in [1.165, 1.54) is 12.8 Å². The molecule has 1 aromatic heterocycles. The molecule has 0 radical (unpaired) electrons. The second-order valence-corrected chi connectivity index (χ2v) is 6.75. The van der Waals surface area contributed by atoms with E-state index >= 15 is 0 Å². The second kappa shape index (κ2) is 5.65. The van der Waals surface area contributed by atoms with Crippen LogP contribution in [0.4, 0.5) is 5.69 Å². The van der Waals surface area contributed by atoms with Gasteiger partial charge in [-0.3, -0.25) is 4.79 Å². The van der Waals surface area contributed by atoms with Gasteiger partial charge in [0.15, 0.2) is 6.10 Å². The van der Waals surface area contributed by atoms with Gasteiger partial charge in [0.05, 0.1) is 11.4 Å². The molecule has 2 aliphatic rings. The molecule has 1 fully saturated rings. The van der Waals surface area contributed by atoms with Crippen LogP contribution < -0.4 is 9.64 Å². The minimum atomic E-state index is -0.357. The zero-order chi connectivity index (χ0) is 16.8. The maximum absolute atomic E-state index is 12.7. The van der Waals surface area contributed by atoms with Crippen molar-refractivity contribution in [3.8, 4) is 16.9 Å². The molecule has 0 spiro atoms. The van der Waals surface area contributed by atoms with Gasteiger partial charge in [-0.1, -0.05) is 24.1 Å². The van der Waals surface area contributed by atoms with Crippen molar-refractivity contribution in [3.63, 3.8) is 0 Å². The second-order valence-electron chi connectivity index (χ2n) is 6.75. The molecular formula is C19H22N2O3. The third-order valence-electron chi connectivity index (χ3n) is 4.94. The van der Waals surface area contributed by atoms with Crippen molar-refractivity contribution in [2.45, 2.75) is 46.1 Å². The molecule has 1 amide bonds. The fraction of sp³-hybridized carbons (Fsp3) is 0.474. The maximum atomic E-state index is 12.7. The van der Waals surface area contributed by atoms with Gasteiger partial charge in [-0.05, 0) is 50.8 Å². The van der Waals surface area contributed by atoms with E-state index in [-0.39, 0.29) is 12.0 Å². The quantitative estimate of drug-likeness (QED) is 0.856. The Kier molecular flexibility index (Phi) is 3.59. The Morgan fingerprint density at radius 3 is 2.71 bits per heavy atom. The number of rotatable bonds is 4. The van der Waals surface area contributed by atoms with Crippen LogP contribution in [0, 0.1) is 19.8 Å². The van der Waals surface area contributed by atoms with E-state index in [1.54, 1.807) is 0 Å². The summed E-state index contributed by atoms with van der Waals surface area (Å²) in [4.78, 5) is 14.5. The van der Waals surface area contributed by atoms with Crippen molar-refractivity contribution in [2.24, 2.45) is 5.92 Å². The molecule has 0 unspecified atom stereocenters. The highest BCUT2D eigenvalue weighted by atomic mass is 16.5. The van der Waals surface area contributed by atoms with Crippen molar-refractivity contribution in [2.75, 3.05) is 11.4 Å². The molecule has 5 nitrogen and oxygen atoms in total. The van der Waals surface area contributed by atoms with Gasteiger partial charge in [-0.25, -0.2) is 0 Å². The average molecular weight is 326 g/mol. The highest BCUT2D eigenvalue weighted by Gasteiger charge is 2.37. The minimum absolute atomic E-state index is 0.0852. The van der Waals surface area contributed by atoms with Crippen LogP contribution in [0.5, 0.6) is 5.75 Å². The Morgan fingerprint density at radius 1 is 1.29 bits per heavy atom. The van der Waals surface area contributed by atoms with E-state index in [2.05, 4.69) is 5.16 Å². The molecule has 1 aliphatic heterocycles. The number of benzene rings is 1. The molecule has 24 heavy (non-hydrogen) atoms. The van der Waals surface area contributed by atoms with Crippen LogP contribution in [0.25, 0.3) is 11.1 Å². The summed E-state index contributed by atoms with van der Waals surface area (Å²) in [7, 11) is 0. The Morgan fingerprint density at radius 2 is 2.08 bits per heavy atom. The number of ether oxygens (including phenoxy) is 1. The minimum Gasteiger partial charge on any atom is -0.478 e. The molecule has 1 aliphatic carbocycles. The molecule has 1 atom stereocenters. The molecule has 126 valence electrons. The van der Waals surface area contributed by atoms with E-state index in [9.17, 15) is 4.79 Å². The van der Waals surface area contributed by atoms with Gasteiger partial charge in [-0.15, -0.1) is 0 Å². The average Bonchev–Trinajstić information content (AvgIpc) is 3.32. The fourth-order valence-corrected chi connectivity index (χ4v) is 3.51. The number of likely N-dealkylation sites (N-methyl/N-ethyl adjacent to an activating group) is 1. The van der Waals surface area contributed by atoms with E-state index in [0.717, 1.165) is 40.4 Å². The van der Waals surface area contributed by atoms with Gasteiger partial charge in [-0.2, -0.15) is 0 Å². The Bertz CT molecular complexity index is 772. The molecule has 0 N–H and O–H groups in total. The topological polar surface area (TPSA) is 55.6 Å². The normalized spacial score (nSPS) is 20.0. The fourth-order valence-electron chi connectivity index (χ4n) is 3.51. The summed E-state index contributed by atoms with van der Waals surface area (Å²) < 4.78 is 11.4. The predicted molar refractivity (Wildman–Crippen MR) is 91.2 cm³/mol. The van der Waals surface area contributed by atoms with Crippen molar-refractivity contribution < 1.29 is 14.1 Å². The molecule has 5 heteroatoms. The standard InChI is InChI=1S/C19H22N2O3/c1-4-21-15-8-7-14(18-11(2)20-24-12(18)3)10-16(15)23-17(19(21)22)9-13-5-6-13/h7-8,10,13,17H,4-6,9H2,1-3H3/t17-/m1/s1. The molecule has 0 bridgehead atoms. The molecule has 2 heterocycles. The number of nitrogens with zero attached hydrogens (tertiary/aromatic N) is 2. The number of anilines is 1. The third-order valence-corrected chi connectivity index (χ3v) is 4.94. The van der Waals surface area contributed by atoms with Crippen LogP contribution in [-0.2, 0) is 4.79 Å². The summed E-state index contributed by atoms with van der Waals surface area (Å²) in [5.74, 6) is 2.30. The SMILES string of the molecule is CCN1C(=O)[C@@H](CC2CC2)Oc2cc(-c3c(C)noc3C)ccc21. The monoisotopic (exact) mass is 326 g/mol. The van der Waals surface area contributed by atoms with E-state index < -0.39 is 0 Å². The van der Waals surface area contributed by atoms with Gasteiger partial charge in [0.25, 0.3) is 5.91 Å². The van der Waals surface area contributed by atoms with E-state index in [4.69, 9.17) is 9.26 Å². The van der Waals surface area contributed by atoms with Crippen LogP contribution in [0.15, 0.2) is 22.7 Å². The van der Waals surface area contributed by atoms with E-state index in [1.807, 2.05) is 43.9 Å². The lowest BCUT2D eigenvalue weighted by atomic mass is 10.0. The number of hydrogen-bond acceptors (Lipinski definition) is 4. The van der Waals surface area contributed by atoms with Gasteiger partial charge in [0.2, 0.25) is 0 Å². The molecule has 0 saturated heterocycles. The first-order chi connectivity index (χ1) is 11.6. The first kappa shape index (κ1) is 15.2. The Hall–Kier alpha value is -2.30. The third kappa shape index (κ3) is 2.48. The zero-order valence-electron chi connectivity index (χ0n) is 14.3. The number of aromatic nitrogens is 1. The van der Waals surface area contributed by atoms with Crippen molar-refractivity contribution >= 4 is 11.6 Å². The van der Waals surface area contributed by atoms with Crippen LogP contribution in [0.1, 0.15) is 37.6 Å². The van der Waals surface area contributed by atoms with Gasteiger partial charge >= 0.3 is 0 Å². The van der Waals surface area contributed by atoms with Crippen LogP contribution >= 0.6 is 0 Å². The maximum Gasteiger partial charge on any atom is 0.268 e. The summed E-state index contributed by atoms with van der Waals surface area (Å²) in [5, 5.41) is 4.03. The van der Waals surface area contributed by atoms with Crippen LogP contribution in [-0.4, -0.2) is 23.7 Å². The molecular weight excluding hydrogens is 304 g/mol. The van der Waals surface area contributed by atoms with Crippen LogP contribution in [0.3, 0.4) is 0 Å². The number of amides is 1. The molecule has 2 aromatic rings. The lowest BCUT2D eigenvalue weighted by Gasteiger charge is -2.34. The first-order valence-corrected chi connectivity index (χ1v) is 8.63. The Labute approximate surface area is 141 Å². The summed E-state index contributed by atoms with van der Waals surface area (Å²) in [6, 6.07) is 5.98. The molecule has 4 rings (SSSR count). The first-order valence-electron chi connectivity index (χ1n) is 8.63. The summed E-state index contributed by atoms with van der Waals surface area (Å²) in [6.07, 6.45) is 2.89. The number of carbonyl (C=O) groups is 1. The highest BCUT2D eigenvalue weighted by Crippen LogP contribution is 2.42. The number of aryl methyl sites for hydroxylation is 2. The Balaban J connectivity index is 1.73. The smallest absolute Gasteiger partial charge is 0.268 e. The van der Waals surface area contributed by atoms with E-state index in [0.29, 0.717) is 12.5 Å². The number of fused-ring (bicyclic) bond motifs is 1. The van der Waals surface area contributed by atoms with Crippen LogP contribution in [0.2, 0.25) is 0 Å². The lowest BCUT2D eigenvalue weighted by molar-refractivity contribution is -0.126. The summed E-state index contributed by atoms with van der Waals surface area (Å²) >= 11 is 0. The predicted octanol–water partition coefficient (Wildman–Crippen LogP) is 3.87. The lowest BCUT2D eigenvalue weighted by Crippen LogP contribution is -2.46. The van der Waals surface area contributed by atoms with Gasteiger partial charge < -0.3 is 14.2 Å².